The molecular weight excluding hydrogens is 320 g/mol. The first-order valence-electron chi connectivity index (χ1n) is 6.53. The van der Waals surface area contributed by atoms with Gasteiger partial charge in [0.1, 0.15) is 0 Å². The molecule has 2 aromatic rings. The molecule has 0 atom stereocenters. The third kappa shape index (κ3) is 3.38. The summed E-state index contributed by atoms with van der Waals surface area (Å²) in [6, 6.07) is 11.1. The van der Waals surface area contributed by atoms with E-state index in [9.17, 15) is 0 Å². The van der Waals surface area contributed by atoms with Crippen molar-refractivity contribution < 1.29 is 0 Å². The van der Waals surface area contributed by atoms with Gasteiger partial charge < -0.3 is 5.73 Å². The molecular formula is C15H17BrN2S. The molecule has 1 saturated carbocycles. The predicted octanol–water partition coefficient (Wildman–Crippen LogP) is 4.26. The van der Waals surface area contributed by atoms with E-state index >= 15 is 0 Å². The average Bonchev–Trinajstić information content (AvgIpc) is 3.17. The third-order valence-corrected chi connectivity index (χ3v) is 5.38. The topological polar surface area (TPSA) is 29.3 Å². The van der Waals surface area contributed by atoms with Gasteiger partial charge in [-0.3, -0.25) is 4.90 Å². The van der Waals surface area contributed by atoms with E-state index in [2.05, 4.69) is 44.4 Å². The molecule has 0 aliphatic heterocycles. The Bertz CT molecular complexity index is 546. The van der Waals surface area contributed by atoms with Crippen LogP contribution in [0, 0.1) is 0 Å². The maximum atomic E-state index is 5.74. The fourth-order valence-electron chi connectivity index (χ4n) is 2.23. The van der Waals surface area contributed by atoms with E-state index < -0.39 is 0 Å². The van der Waals surface area contributed by atoms with Crippen molar-refractivity contribution in [3.8, 4) is 0 Å². The first-order valence-corrected chi connectivity index (χ1v) is 8.20. The Hall–Kier alpha value is -0.840. The number of thiophene rings is 1. The van der Waals surface area contributed by atoms with E-state index in [1.54, 1.807) is 0 Å². The van der Waals surface area contributed by atoms with E-state index in [1.807, 2.05) is 23.5 Å². The van der Waals surface area contributed by atoms with Crippen molar-refractivity contribution >= 4 is 33.0 Å². The van der Waals surface area contributed by atoms with E-state index in [4.69, 9.17) is 5.73 Å². The van der Waals surface area contributed by atoms with E-state index in [1.165, 1.54) is 27.8 Å². The number of benzene rings is 1. The zero-order valence-electron chi connectivity index (χ0n) is 10.7. The van der Waals surface area contributed by atoms with Gasteiger partial charge in [-0.1, -0.05) is 12.1 Å². The minimum absolute atomic E-state index is 0.756. The van der Waals surface area contributed by atoms with Gasteiger partial charge >= 0.3 is 0 Å². The Kier molecular flexibility index (Phi) is 3.91. The van der Waals surface area contributed by atoms with Gasteiger partial charge in [-0.25, -0.2) is 0 Å². The Labute approximate surface area is 126 Å². The van der Waals surface area contributed by atoms with Crippen molar-refractivity contribution in [3.63, 3.8) is 0 Å². The molecule has 0 spiro atoms. The second-order valence-electron chi connectivity index (χ2n) is 5.07. The van der Waals surface area contributed by atoms with Crippen LogP contribution >= 0.6 is 27.3 Å². The van der Waals surface area contributed by atoms with E-state index in [-0.39, 0.29) is 0 Å². The molecule has 1 aliphatic rings. The molecule has 0 bridgehead atoms. The minimum atomic E-state index is 0.756. The lowest BCUT2D eigenvalue weighted by Crippen LogP contribution is -2.24. The van der Waals surface area contributed by atoms with Gasteiger partial charge in [0.2, 0.25) is 0 Å². The maximum absolute atomic E-state index is 5.74. The molecule has 2 nitrogen and oxygen atoms in total. The van der Waals surface area contributed by atoms with Crippen LogP contribution in [0.2, 0.25) is 0 Å². The van der Waals surface area contributed by atoms with Crippen LogP contribution in [0.3, 0.4) is 0 Å². The van der Waals surface area contributed by atoms with Crippen LogP contribution in [-0.2, 0) is 13.1 Å². The number of halogens is 1. The molecule has 19 heavy (non-hydrogen) atoms. The van der Waals surface area contributed by atoms with Crippen molar-refractivity contribution in [3.05, 3.63) is 50.6 Å². The number of nitrogens with two attached hydrogens (primary N) is 1. The summed E-state index contributed by atoms with van der Waals surface area (Å²) in [5, 5.41) is 2.15. The van der Waals surface area contributed by atoms with Crippen molar-refractivity contribution in [1.29, 1.82) is 0 Å². The van der Waals surface area contributed by atoms with Gasteiger partial charge in [-0.15, -0.1) is 11.3 Å². The molecule has 1 aliphatic carbocycles. The van der Waals surface area contributed by atoms with Gasteiger partial charge in [0.25, 0.3) is 0 Å². The molecule has 1 fully saturated rings. The molecule has 1 heterocycles. The molecule has 3 rings (SSSR count). The van der Waals surface area contributed by atoms with Crippen LogP contribution in [0.5, 0.6) is 0 Å². The summed E-state index contributed by atoms with van der Waals surface area (Å²) < 4.78 is 1.24. The van der Waals surface area contributed by atoms with E-state index in [0.29, 0.717) is 0 Å². The lowest BCUT2D eigenvalue weighted by Gasteiger charge is -2.21. The molecule has 4 heteroatoms. The smallest absolute Gasteiger partial charge is 0.0345 e. The van der Waals surface area contributed by atoms with Gasteiger partial charge in [-0.05, 0) is 57.9 Å². The van der Waals surface area contributed by atoms with Gasteiger partial charge in [0.15, 0.2) is 0 Å². The first kappa shape index (κ1) is 13.2. The van der Waals surface area contributed by atoms with E-state index in [0.717, 1.165) is 24.8 Å². The highest BCUT2D eigenvalue weighted by atomic mass is 79.9. The summed E-state index contributed by atoms with van der Waals surface area (Å²) in [5.41, 5.74) is 7.92. The number of nitrogens with zero attached hydrogens (tertiary/aromatic N) is 1. The quantitative estimate of drug-likeness (QED) is 0.826. The second kappa shape index (κ2) is 5.65. The molecule has 0 amide bonds. The Morgan fingerprint density at radius 2 is 1.89 bits per heavy atom. The first-order chi connectivity index (χ1) is 9.22. The van der Waals surface area contributed by atoms with Crippen molar-refractivity contribution in [2.24, 2.45) is 0 Å². The average molecular weight is 337 g/mol. The highest BCUT2D eigenvalue weighted by molar-refractivity contribution is 9.10. The molecule has 100 valence electrons. The summed E-state index contributed by atoms with van der Waals surface area (Å²) >= 11 is 5.45. The largest absolute Gasteiger partial charge is 0.399 e. The molecule has 0 radical (unpaired) electrons. The number of anilines is 1. The van der Waals surface area contributed by atoms with Crippen LogP contribution in [0.4, 0.5) is 5.69 Å². The van der Waals surface area contributed by atoms with Crippen LogP contribution < -0.4 is 5.73 Å². The Morgan fingerprint density at radius 1 is 1.16 bits per heavy atom. The predicted molar refractivity (Wildman–Crippen MR) is 85.1 cm³/mol. The van der Waals surface area contributed by atoms with Gasteiger partial charge in [0, 0.05) is 34.2 Å². The van der Waals surface area contributed by atoms with Crippen LogP contribution in [0.25, 0.3) is 0 Å². The SMILES string of the molecule is Nc1ccc(CN(Cc2sccc2Br)C2CC2)cc1. The maximum Gasteiger partial charge on any atom is 0.0345 e. The zero-order valence-corrected chi connectivity index (χ0v) is 13.1. The van der Waals surface area contributed by atoms with Crippen LogP contribution in [0.15, 0.2) is 40.2 Å². The van der Waals surface area contributed by atoms with Crippen LogP contribution in [0.1, 0.15) is 23.3 Å². The molecule has 1 aromatic heterocycles. The summed E-state index contributed by atoms with van der Waals surface area (Å²) in [7, 11) is 0. The zero-order chi connectivity index (χ0) is 13.2. The standard InChI is InChI=1S/C15H17BrN2S/c16-14-7-8-19-15(14)10-18(13-5-6-13)9-11-1-3-12(17)4-2-11/h1-4,7-8,13H,5-6,9-10,17H2. The Morgan fingerprint density at radius 3 is 2.47 bits per heavy atom. The number of nitrogen functional groups attached to an aromatic ring is 1. The summed E-state index contributed by atoms with van der Waals surface area (Å²) in [4.78, 5) is 3.99. The lowest BCUT2D eigenvalue weighted by molar-refractivity contribution is 0.247. The number of rotatable bonds is 5. The summed E-state index contributed by atoms with van der Waals surface area (Å²) in [5.74, 6) is 0. The monoisotopic (exact) mass is 336 g/mol. The molecule has 2 N–H and O–H groups in total. The van der Waals surface area contributed by atoms with Gasteiger partial charge in [-0.2, -0.15) is 0 Å². The Balaban J connectivity index is 1.71. The normalized spacial score (nSPS) is 15.1. The summed E-state index contributed by atoms with van der Waals surface area (Å²) in [6.07, 6.45) is 2.66. The fraction of sp³-hybridized carbons (Fsp3) is 0.333. The number of hydrogen-bond donors (Lipinski definition) is 1. The van der Waals surface area contributed by atoms with Crippen molar-refractivity contribution in [1.82, 2.24) is 4.90 Å². The highest BCUT2D eigenvalue weighted by Gasteiger charge is 2.29. The van der Waals surface area contributed by atoms with Crippen molar-refractivity contribution in [2.45, 2.75) is 32.0 Å². The second-order valence-corrected chi connectivity index (χ2v) is 6.92. The van der Waals surface area contributed by atoms with Crippen LogP contribution in [-0.4, -0.2) is 10.9 Å². The lowest BCUT2D eigenvalue weighted by atomic mass is 10.2. The summed E-state index contributed by atoms with van der Waals surface area (Å²) in [6.45, 7) is 2.04. The van der Waals surface area contributed by atoms with Crippen molar-refractivity contribution in [2.75, 3.05) is 5.73 Å². The van der Waals surface area contributed by atoms with Gasteiger partial charge in [0.05, 0.1) is 0 Å². The third-order valence-electron chi connectivity index (χ3n) is 3.47. The molecule has 1 aromatic carbocycles. The number of hydrogen-bond acceptors (Lipinski definition) is 3. The molecule has 0 unspecified atom stereocenters. The molecule has 0 saturated heterocycles. The fourth-order valence-corrected chi connectivity index (χ4v) is 3.74. The highest BCUT2D eigenvalue weighted by Crippen LogP contribution is 2.32. The minimum Gasteiger partial charge on any atom is -0.399 e.